The van der Waals surface area contributed by atoms with Gasteiger partial charge in [-0.1, -0.05) is 24.3 Å². The Balaban J connectivity index is 1.42. The molecule has 0 radical (unpaired) electrons. The molecular formula is C23H26N8O. The molecule has 6 rings (SSSR count). The summed E-state index contributed by atoms with van der Waals surface area (Å²) < 4.78 is 9.40. The molecule has 2 atom stereocenters. The van der Waals surface area contributed by atoms with E-state index in [1.807, 2.05) is 33.7 Å². The van der Waals surface area contributed by atoms with Gasteiger partial charge >= 0.3 is 0 Å². The van der Waals surface area contributed by atoms with Crippen LogP contribution in [0.3, 0.4) is 0 Å². The number of hydrogen-bond acceptors (Lipinski definition) is 7. The van der Waals surface area contributed by atoms with Crippen molar-refractivity contribution in [3.05, 3.63) is 72.4 Å². The number of ether oxygens (including phenoxy) is 1. The van der Waals surface area contributed by atoms with Crippen LogP contribution < -0.4 is 10.3 Å². The third-order valence-electron chi connectivity index (χ3n) is 6.23. The Morgan fingerprint density at radius 2 is 1.97 bits per heavy atom. The average Bonchev–Trinajstić information content (AvgIpc) is 3.58. The number of hydrazine groups is 1. The minimum absolute atomic E-state index is 0.0696. The number of hydrogen-bond donors (Lipinski definition) is 1. The zero-order valence-corrected chi connectivity index (χ0v) is 18.0. The van der Waals surface area contributed by atoms with Crippen LogP contribution >= 0.6 is 0 Å². The fourth-order valence-electron chi connectivity index (χ4n) is 4.46. The molecule has 1 N–H and O–H groups in total. The Bertz CT molecular complexity index is 1220. The molecule has 1 aliphatic carbocycles. The van der Waals surface area contributed by atoms with Crippen molar-refractivity contribution in [2.75, 3.05) is 38.3 Å². The van der Waals surface area contributed by atoms with Crippen molar-refractivity contribution in [2.45, 2.75) is 18.4 Å². The van der Waals surface area contributed by atoms with E-state index < -0.39 is 0 Å². The maximum Gasteiger partial charge on any atom is 0.160 e. The van der Waals surface area contributed by atoms with Gasteiger partial charge in [0, 0.05) is 50.6 Å². The van der Waals surface area contributed by atoms with Crippen molar-refractivity contribution < 1.29 is 4.74 Å². The number of aromatic nitrogens is 5. The standard InChI is InChI=1S/C23H26N8O/c1-28-20(7-9-24-28)19-15-22-25-21(16-23(31(22)27-19)29-11-13-32-14-12-29)30-10-8-18(26-30)17-5-3-2-4-6-17/h2-5,7-10,15-17,20,24H,6,11-14H2,1H3. The lowest BCUT2D eigenvalue weighted by Gasteiger charge is -2.29. The highest BCUT2D eigenvalue weighted by molar-refractivity contribution is 5.56. The Kier molecular flexibility index (Phi) is 4.77. The van der Waals surface area contributed by atoms with E-state index in [1.165, 1.54) is 0 Å². The molecule has 0 bridgehead atoms. The van der Waals surface area contributed by atoms with Gasteiger partial charge in [-0.3, -0.25) is 0 Å². The summed E-state index contributed by atoms with van der Waals surface area (Å²) in [4.78, 5) is 7.23. The average molecular weight is 431 g/mol. The minimum atomic E-state index is 0.0696. The summed E-state index contributed by atoms with van der Waals surface area (Å²) >= 11 is 0. The highest BCUT2D eigenvalue weighted by atomic mass is 16.5. The molecule has 0 aromatic carbocycles. The SMILES string of the molecule is CN1NC=CC1c1cc2nc(-n3ccc(C4C=CC=CC4)n3)cc(N3CCOCC3)n2n1. The van der Waals surface area contributed by atoms with Gasteiger partial charge in [-0.25, -0.2) is 14.7 Å². The van der Waals surface area contributed by atoms with Crippen LogP contribution in [0.2, 0.25) is 0 Å². The van der Waals surface area contributed by atoms with Gasteiger partial charge in [0.2, 0.25) is 0 Å². The first-order valence-corrected chi connectivity index (χ1v) is 11.0. The molecule has 2 unspecified atom stereocenters. The molecule has 0 amide bonds. The first-order valence-electron chi connectivity index (χ1n) is 11.0. The zero-order valence-electron chi connectivity index (χ0n) is 18.0. The molecule has 3 aromatic heterocycles. The largest absolute Gasteiger partial charge is 0.378 e. The maximum absolute atomic E-state index is 5.58. The van der Waals surface area contributed by atoms with Crippen molar-refractivity contribution in [1.82, 2.24) is 34.8 Å². The van der Waals surface area contributed by atoms with Gasteiger partial charge < -0.3 is 15.1 Å². The molecule has 3 aromatic rings. The van der Waals surface area contributed by atoms with Crippen molar-refractivity contribution in [3.63, 3.8) is 0 Å². The van der Waals surface area contributed by atoms with Crippen LogP contribution in [0.1, 0.15) is 29.8 Å². The predicted octanol–water partition coefficient (Wildman–Crippen LogP) is 2.36. The number of anilines is 1. The van der Waals surface area contributed by atoms with Crippen LogP contribution in [0, 0.1) is 0 Å². The van der Waals surface area contributed by atoms with Gasteiger partial charge in [-0.2, -0.15) is 14.7 Å². The predicted molar refractivity (Wildman–Crippen MR) is 122 cm³/mol. The minimum Gasteiger partial charge on any atom is -0.378 e. The fraction of sp³-hybridized carbons (Fsp3) is 0.348. The van der Waals surface area contributed by atoms with E-state index in [0.29, 0.717) is 19.1 Å². The van der Waals surface area contributed by atoms with E-state index in [2.05, 4.69) is 58.9 Å². The monoisotopic (exact) mass is 430 g/mol. The third kappa shape index (κ3) is 3.39. The van der Waals surface area contributed by atoms with Gasteiger partial charge in [-0.05, 0) is 18.6 Å². The summed E-state index contributed by atoms with van der Waals surface area (Å²) in [5.74, 6) is 2.11. The first-order chi connectivity index (χ1) is 15.8. The Morgan fingerprint density at radius 3 is 2.75 bits per heavy atom. The van der Waals surface area contributed by atoms with Crippen LogP contribution in [-0.4, -0.2) is 62.7 Å². The summed E-state index contributed by atoms with van der Waals surface area (Å²) in [6, 6.07) is 6.29. The molecule has 9 nitrogen and oxygen atoms in total. The second kappa shape index (κ2) is 7.92. The van der Waals surface area contributed by atoms with E-state index in [4.69, 9.17) is 19.9 Å². The van der Waals surface area contributed by atoms with Crippen LogP contribution in [0.15, 0.2) is 61.0 Å². The van der Waals surface area contributed by atoms with E-state index in [0.717, 1.165) is 48.2 Å². The number of rotatable bonds is 4. The molecule has 9 heteroatoms. The van der Waals surface area contributed by atoms with Crippen molar-refractivity contribution in [3.8, 4) is 5.82 Å². The van der Waals surface area contributed by atoms with Gasteiger partial charge in [0.25, 0.3) is 0 Å². The molecule has 1 fully saturated rings. The highest BCUT2D eigenvalue weighted by Crippen LogP contribution is 2.28. The molecule has 32 heavy (non-hydrogen) atoms. The molecule has 1 saturated heterocycles. The number of likely N-dealkylation sites (N-methyl/N-ethyl adjacent to an activating group) is 1. The lowest BCUT2D eigenvalue weighted by molar-refractivity contribution is 0.122. The normalized spacial score (nSPS) is 23.3. The molecule has 3 aliphatic rings. The van der Waals surface area contributed by atoms with Crippen LogP contribution in [0.4, 0.5) is 5.82 Å². The van der Waals surface area contributed by atoms with E-state index >= 15 is 0 Å². The van der Waals surface area contributed by atoms with Gasteiger partial charge in [0.1, 0.15) is 5.82 Å². The fourth-order valence-corrected chi connectivity index (χ4v) is 4.46. The van der Waals surface area contributed by atoms with Crippen LogP contribution in [0.25, 0.3) is 11.5 Å². The Hall–Kier alpha value is -3.43. The topological polar surface area (TPSA) is 75.8 Å². The van der Waals surface area contributed by atoms with Gasteiger partial charge in [0.15, 0.2) is 11.5 Å². The van der Waals surface area contributed by atoms with E-state index in [1.54, 1.807) is 0 Å². The van der Waals surface area contributed by atoms with Crippen molar-refractivity contribution in [1.29, 1.82) is 0 Å². The lowest BCUT2D eigenvalue weighted by Crippen LogP contribution is -2.37. The maximum atomic E-state index is 5.58. The van der Waals surface area contributed by atoms with Crippen LogP contribution in [-0.2, 0) is 4.74 Å². The second-order valence-electron chi connectivity index (χ2n) is 8.30. The molecule has 0 spiro atoms. The number of nitrogens with zero attached hydrogens (tertiary/aromatic N) is 7. The number of allylic oxidation sites excluding steroid dienone is 4. The number of fused-ring (bicyclic) bond motifs is 1. The molecule has 0 saturated carbocycles. The van der Waals surface area contributed by atoms with E-state index in [9.17, 15) is 0 Å². The quantitative estimate of drug-likeness (QED) is 0.681. The summed E-state index contributed by atoms with van der Waals surface area (Å²) in [6.45, 7) is 3.06. The summed E-state index contributed by atoms with van der Waals surface area (Å²) in [6.07, 6.45) is 15.6. The summed E-state index contributed by atoms with van der Waals surface area (Å²) in [5, 5.41) is 11.8. The first kappa shape index (κ1) is 19.3. The smallest absolute Gasteiger partial charge is 0.160 e. The molecule has 5 heterocycles. The molecular weight excluding hydrogens is 404 g/mol. The third-order valence-corrected chi connectivity index (χ3v) is 6.23. The van der Waals surface area contributed by atoms with Gasteiger partial charge in [0.05, 0.1) is 30.6 Å². The van der Waals surface area contributed by atoms with E-state index in [-0.39, 0.29) is 6.04 Å². The number of morpholine rings is 1. The van der Waals surface area contributed by atoms with Gasteiger partial charge in [-0.15, -0.1) is 0 Å². The summed E-state index contributed by atoms with van der Waals surface area (Å²) in [5.41, 5.74) is 6.01. The zero-order chi connectivity index (χ0) is 21.5. The molecule has 2 aliphatic heterocycles. The summed E-state index contributed by atoms with van der Waals surface area (Å²) in [7, 11) is 2.01. The second-order valence-corrected chi connectivity index (χ2v) is 8.30. The van der Waals surface area contributed by atoms with Crippen molar-refractivity contribution in [2.24, 2.45) is 0 Å². The number of nitrogens with one attached hydrogen (secondary N) is 1. The van der Waals surface area contributed by atoms with Crippen LogP contribution in [0.5, 0.6) is 0 Å². The highest BCUT2D eigenvalue weighted by Gasteiger charge is 2.24. The lowest BCUT2D eigenvalue weighted by atomic mass is 9.98. The van der Waals surface area contributed by atoms with Crippen molar-refractivity contribution >= 4 is 11.5 Å². The Morgan fingerprint density at radius 1 is 1.06 bits per heavy atom. The molecule has 164 valence electrons. The Labute approximate surface area is 186 Å².